The zero-order valence-electron chi connectivity index (χ0n) is 8.60. The Morgan fingerprint density at radius 3 is 2.81 bits per heavy atom. The summed E-state index contributed by atoms with van der Waals surface area (Å²) in [5.41, 5.74) is 1.26. The molecule has 2 rings (SSSR count). The quantitative estimate of drug-likeness (QED) is 0.758. The first kappa shape index (κ1) is 10.3. The number of fused-ring (bicyclic) bond motifs is 1. The Bertz CT molecular complexity index is 512. The first-order valence-electron chi connectivity index (χ1n) is 4.70. The van der Waals surface area contributed by atoms with Crippen LogP contribution in [0.25, 0.3) is 5.76 Å². The van der Waals surface area contributed by atoms with E-state index in [0.717, 1.165) is 11.8 Å². The van der Waals surface area contributed by atoms with Crippen LogP contribution in [-0.4, -0.2) is 16.2 Å². The molecule has 1 aromatic rings. The van der Waals surface area contributed by atoms with E-state index in [2.05, 4.69) is 0 Å². The molecule has 16 heavy (non-hydrogen) atoms. The molecule has 4 heteroatoms. The van der Waals surface area contributed by atoms with Gasteiger partial charge in [-0.05, 0) is 24.6 Å². The molecular weight excluding hydrogens is 208 g/mol. The Labute approximate surface area is 92.1 Å². The average molecular weight is 218 g/mol. The van der Waals surface area contributed by atoms with Gasteiger partial charge in [-0.2, -0.15) is 0 Å². The predicted octanol–water partition coefficient (Wildman–Crippen LogP) is 2.25. The van der Waals surface area contributed by atoms with Gasteiger partial charge in [-0.1, -0.05) is 12.1 Å². The van der Waals surface area contributed by atoms with Crippen molar-refractivity contribution in [3.8, 4) is 5.75 Å². The summed E-state index contributed by atoms with van der Waals surface area (Å²) in [6, 6.07) is 5.27. The molecule has 0 spiro atoms. The zero-order valence-corrected chi connectivity index (χ0v) is 8.60. The van der Waals surface area contributed by atoms with Gasteiger partial charge in [0.2, 0.25) is 0 Å². The summed E-state index contributed by atoms with van der Waals surface area (Å²) in [6.07, 6.45) is 2.30. The van der Waals surface area contributed by atoms with Crippen LogP contribution in [0, 0.1) is 6.92 Å². The standard InChI is InChI=1S/C12H10O4/c1-7-3-2-4-10-11(7)9(13)5-8(6-16-10)12(14)15/h2-6,13H,1H3,(H,14,15). The Balaban J connectivity index is 2.58. The fraction of sp³-hybridized carbons (Fsp3) is 0.0833. The first-order chi connectivity index (χ1) is 7.59. The van der Waals surface area contributed by atoms with Crippen molar-refractivity contribution in [2.24, 2.45) is 0 Å². The maximum atomic E-state index is 10.8. The lowest BCUT2D eigenvalue weighted by atomic mass is 10.1. The number of rotatable bonds is 1. The van der Waals surface area contributed by atoms with Crippen molar-refractivity contribution >= 4 is 11.7 Å². The lowest BCUT2D eigenvalue weighted by Crippen LogP contribution is -1.98. The van der Waals surface area contributed by atoms with Gasteiger partial charge in [0, 0.05) is 0 Å². The number of benzene rings is 1. The maximum absolute atomic E-state index is 10.8. The number of carboxylic acids is 1. The van der Waals surface area contributed by atoms with Crippen LogP contribution in [0.2, 0.25) is 0 Å². The fourth-order valence-electron chi connectivity index (χ4n) is 1.56. The van der Waals surface area contributed by atoms with Crippen LogP contribution in [0.1, 0.15) is 11.1 Å². The molecule has 0 bridgehead atoms. The van der Waals surface area contributed by atoms with Crippen LogP contribution < -0.4 is 4.74 Å². The monoisotopic (exact) mass is 218 g/mol. The molecule has 2 N–H and O–H groups in total. The van der Waals surface area contributed by atoms with E-state index in [0.29, 0.717) is 11.3 Å². The van der Waals surface area contributed by atoms with E-state index in [4.69, 9.17) is 9.84 Å². The zero-order chi connectivity index (χ0) is 11.7. The van der Waals surface area contributed by atoms with E-state index in [1.165, 1.54) is 6.08 Å². The van der Waals surface area contributed by atoms with Gasteiger partial charge in [0.1, 0.15) is 17.8 Å². The number of aliphatic hydroxyl groups excluding tert-OH is 1. The Morgan fingerprint density at radius 1 is 1.38 bits per heavy atom. The van der Waals surface area contributed by atoms with Crippen molar-refractivity contribution in [2.45, 2.75) is 6.92 Å². The second-order valence-corrected chi connectivity index (χ2v) is 3.47. The van der Waals surface area contributed by atoms with Crippen molar-refractivity contribution in [1.29, 1.82) is 0 Å². The summed E-state index contributed by atoms with van der Waals surface area (Å²) >= 11 is 0. The molecule has 0 amide bonds. The van der Waals surface area contributed by atoms with E-state index in [1.54, 1.807) is 12.1 Å². The number of hydrogen-bond donors (Lipinski definition) is 2. The third-order valence-electron chi connectivity index (χ3n) is 2.34. The van der Waals surface area contributed by atoms with Gasteiger partial charge in [0.25, 0.3) is 0 Å². The number of carboxylic acid groups (broad SMARTS) is 1. The first-order valence-corrected chi connectivity index (χ1v) is 4.70. The largest absolute Gasteiger partial charge is 0.507 e. The molecule has 0 aromatic heterocycles. The lowest BCUT2D eigenvalue weighted by Gasteiger charge is -2.08. The summed E-state index contributed by atoms with van der Waals surface area (Å²) in [5, 5.41) is 18.6. The van der Waals surface area contributed by atoms with Crippen LogP contribution in [-0.2, 0) is 4.79 Å². The summed E-state index contributed by atoms with van der Waals surface area (Å²) in [6.45, 7) is 1.82. The molecule has 1 aliphatic rings. The molecule has 0 saturated heterocycles. The Morgan fingerprint density at radius 2 is 2.12 bits per heavy atom. The number of carbonyl (C=O) groups is 1. The second kappa shape index (κ2) is 3.73. The summed E-state index contributed by atoms with van der Waals surface area (Å²) in [7, 11) is 0. The van der Waals surface area contributed by atoms with Gasteiger partial charge >= 0.3 is 5.97 Å². The minimum absolute atomic E-state index is 0.0897. The molecule has 0 unspecified atom stereocenters. The van der Waals surface area contributed by atoms with E-state index in [-0.39, 0.29) is 11.3 Å². The van der Waals surface area contributed by atoms with Crippen LogP contribution in [0.3, 0.4) is 0 Å². The normalized spacial score (nSPS) is 14.1. The smallest absolute Gasteiger partial charge is 0.338 e. The van der Waals surface area contributed by atoms with Crippen molar-refractivity contribution in [1.82, 2.24) is 0 Å². The van der Waals surface area contributed by atoms with Gasteiger partial charge < -0.3 is 14.9 Å². The van der Waals surface area contributed by atoms with E-state index in [9.17, 15) is 9.90 Å². The Hall–Kier alpha value is -2.23. The number of ether oxygens (including phenoxy) is 1. The predicted molar refractivity (Wildman–Crippen MR) is 58.1 cm³/mol. The van der Waals surface area contributed by atoms with Crippen molar-refractivity contribution in [2.75, 3.05) is 0 Å². The fourth-order valence-corrected chi connectivity index (χ4v) is 1.56. The molecule has 0 saturated carbocycles. The van der Waals surface area contributed by atoms with Gasteiger partial charge in [-0.15, -0.1) is 0 Å². The number of hydrogen-bond acceptors (Lipinski definition) is 3. The van der Waals surface area contributed by atoms with Crippen LogP contribution in [0.15, 0.2) is 36.1 Å². The average Bonchev–Trinajstić information content (AvgIpc) is 2.39. The van der Waals surface area contributed by atoms with Gasteiger partial charge in [-0.3, -0.25) is 0 Å². The third-order valence-corrected chi connectivity index (χ3v) is 2.34. The summed E-state index contributed by atoms with van der Waals surface area (Å²) < 4.78 is 5.22. The van der Waals surface area contributed by atoms with Crippen molar-refractivity contribution in [3.63, 3.8) is 0 Å². The van der Waals surface area contributed by atoms with E-state index >= 15 is 0 Å². The second-order valence-electron chi connectivity index (χ2n) is 3.47. The third kappa shape index (κ3) is 1.65. The lowest BCUT2D eigenvalue weighted by molar-refractivity contribution is -0.132. The summed E-state index contributed by atoms with van der Waals surface area (Å²) in [4.78, 5) is 10.8. The molecule has 0 atom stereocenters. The maximum Gasteiger partial charge on any atom is 0.338 e. The number of aliphatic carboxylic acids is 1. The highest BCUT2D eigenvalue weighted by molar-refractivity contribution is 5.92. The van der Waals surface area contributed by atoms with E-state index in [1.807, 2.05) is 13.0 Å². The minimum Gasteiger partial charge on any atom is -0.507 e. The summed E-state index contributed by atoms with van der Waals surface area (Å²) in [5.74, 6) is -0.791. The molecule has 0 aliphatic carbocycles. The highest BCUT2D eigenvalue weighted by Crippen LogP contribution is 2.31. The molecule has 0 radical (unpaired) electrons. The van der Waals surface area contributed by atoms with Crippen LogP contribution >= 0.6 is 0 Å². The molecule has 1 aliphatic heterocycles. The highest BCUT2D eigenvalue weighted by Gasteiger charge is 2.17. The number of aliphatic hydroxyl groups is 1. The van der Waals surface area contributed by atoms with E-state index < -0.39 is 5.97 Å². The molecule has 1 heterocycles. The van der Waals surface area contributed by atoms with Gasteiger partial charge in [-0.25, -0.2) is 4.79 Å². The SMILES string of the molecule is Cc1cccc2c1C(O)=CC(C(=O)O)=CO2. The minimum atomic E-state index is -1.14. The topological polar surface area (TPSA) is 66.8 Å². The molecular formula is C12H10O4. The highest BCUT2D eigenvalue weighted by atomic mass is 16.5. The molecule has 82 valence electrons. The van der Waals surface area contributed by atoms with Crippen LogP contribution in [0.4, 0.5) is 0 Å². The van der Waals surface area contributed by atoms with Crippen molar-refractivity contribution in [3.05, 3.63) is 47.2 Å². The molecule has 1 aromatic carbocycles. The van der Waals surface area contributed by atoms with Crippen molar-refractivity contribution < 1.29 is 19.7 Å². The molecule has 0 fully saturated rings. The van der Waals surface area contributed by atoms with Gasteiger partial charge in [0.15, 0.2) is 0 Å². The Kier molecular flexibility index (Phi) is 2.40. The van der Waals surface area contributed by atoms with Gasteiger partial charge in [0.05, 0.1) is 11.1 Å². The molecule has 4 nitrogen and oxygen atoms in total. The number of aryl methyl sites for hydroxylation is 1. The van der Waals surface area contributed by atoms with Crippen LogP contribution in [0.5, 0.6) is 5.75 Å².